The SMILES string of the molecule is CC(C)(C)c1cc2nnccc2s1. The topological polar surface area (TPSA) is 25.8 Å². The van der Waals surface area contributed by atoms with Gasteiger partial charge in [0.15, 0.2) is 0 Å². The second-order valence-corrected chi connectivity index (χ2v) is 5.23. The average molecular weight is 192 g/mol. The van der Waals surface area contributed by atoms with Crippen LogP contribution in [0, 0.1) is 0 Å². The zero-order chi connectivity index (χ0) is 9.47. The summed E-state index contributed by atoms with van der Waals surface area (Å²) in [5.74, 6) is 0. The maximum absolute atomic E-state index is 4.08. The molecule has 0 saturated heterocycles. The van der Waals surface area contributed by atoms with Crippen LogP contribution in [0.15, 0.2) is 18.3 Å². The molecule has 0 aromatic carbocycles. The second kappa shape index (κ2) is 2.77. The molecule has 0 aliphatic rings. The van der Waals surface area contributed by atoms with Gasteiger partial charge in [-0.05, 0) is 17.5 Å². The van der Waals surface area contributed by atoms with Gasteiger partial charge < -0.3 is 0 Å². The number of nitrogens with zero attached hydrogens (tertiary/aromatic N) is 2. The molecule has 3 heteroatoms. The van der Waals surface area contributed by atoms with Crippen LogP contribution in [0.3, 0.4) is 0 Å². The Morgan fingerprint density at radius 1 is 1.31 bits per heavy atom. The van der Waals surface area contributed by atoms with Gasteiger partial charge in [0, 0.05) is 4.88 Å². The molecule has 2 aromatic heterocycles. The average Bonchev–Trinajstić information content (AvgIpc) is 2.45. The smallest absolute Gasteiger partial charge is 0.104 e. The highest BCUT2D eigenvalue weighted by Gasteiger charge is 2.16. The van der Waals surface area contributed by atoms with Gasteiger partial charge in [-0.25, -0.2) is 0 Å². The first-order valence-electron chi connectivity index (χ1n) is 4.29. The summed E-state index contributed by atoms with van der Waals surface area (Å²) in [7, 11) is 0. The normalized spacial score (nSPS) is 12.2. The van der Waals surface area contributed by atoms with Gasteiger partial charge in [-0.3, -0.25) is 0 Å². The highest BCUT2D eigenvalue weighted by atomic mass is 32.1. The lowest BCUT2D eigenvalue weighted by Crippen LogP contribution is -2.07. The van der Waals surface area contributed by atoms with Gasteiger partial charge in [0.1, 0.15) is 5.52 Å². The zero-order valence-electron chi connectivity index (χ0n) is 8.03. The first-order valence-corrected chi connectivity index (χ1v) is 5.11. The van der Waals surface area contributed by atoms with Crippen molar-refractivity contribution < 1.29 is 0 Å². The van der Waals surface area contributed by atoms with Gasteiger partial charge in [0.05, 0.1) is 10.9 Å². The molecule has 68 valence electrons. The predicted octanol–water partition coefficient (Wildman–Crippen LogP) is 2.99. The van der Waals surface area contributed by atoms with Crippen LogP contribution in [-0.2, 0) is 5.41 Å². The summed E-state index contributed by atoms with van der Waals surface area (Å²) < 4.78 is 1.22. The molecule has 0 radical (unpaired) electrons. The number of hydrogen-bond acceptors (Lipinski definition) is 3. The monoisotopic (exact) mass is 192 g/mol. The molecule has 2 nitrogen and oxygen atoms in total. The molecule has 0 bridgehead atoms. The van der Waals surface area contributed by atoms with Crippen molar-refractivity contribution in [1.29, 1.82) is 0 Å². The Hall–Kier alpha value is -0.960. The minimum absolute atomic E-state index is 0.214. The van der Waals surface area contributed by atoms with Crippen LogP contribution >= 0.6 is 11.3 Å². The fourth-order valence-electron chi connectivity index (χ4n) is 1.16. The van der Waals surface area contributed by atoms with Crippen molar-refractivity contribution in [1.82, 2.24) is 10.2 Å². The molecule has 0 saturated carbocycles. The first kappa shape index (κ1) is 8.63. The lowest BCUT2D eigenvalue weighted by Gasteiger charge is -2.14. The molecule has 0 aliphatic heterocycles. The minimum Gasteiger partial charge on any atom is -0.158 e. The minimum atomic E-state index is 0.214. The van der Waals surface area contributed by atoms with E-state index in [-0.39, 0.29) is 5.41 Å². The van der Waals surface area contributed by atoms with E-state index in [1.165, 1.54) is 9.58 Å². The molecule has 13 heavy (non-hydrogen) atoms. The quantitative estimate of drug-likeness (QED) is 0.641. The summed E-state index contributed by atoms with van der Waals surface area (Å²) in [4.78, 5) is 1.36. The molecule has 2 aromatic rings. The predicted molar refractivity (Wildman–Crippen MR) is 56.1 cm³/mol. The fraction of sp³-hybridized carbons (Fsp3) is 0.400. The molecule has 0 aliphatic carbocycles. The summed E-state index contributed by atoms with van der Waals surface area (Å²) >= 11 is 1.80. The van der Waals surface area contributed by atoms with Crippen molar-refractivity contribution in [2.24, 2.45) is 0 Å². The molecule has 0 atom stereocenters. The Morgan fingerprint density at radius 3 is 2.69 bits per heavy atom. The van der Waals surface area contributed by atoms with E-state index in [2.05, 4.69) is 37.0 Å². The Labute approximate surface area is 81.6 Å². The Bertz CT molecular complexity index is 393. The van der Waals surface area contributed by atoms with E-state index in [0.29, 0.717) is 0 Å². The fourth-order valence-corrected chi connectivity index (χ4v) is 2.21. The maximum Gasteiger partial charge on any atom is 0.104 e. The van der Waals surface area contributed by atoms with Crippen molar-refractivity contribution in [2.75, 3.05) is 0 Å². The molecule has 0 N–H and O–H groups in total. The molecule has 2 rings (SSSR count). The Balaban J connectivity index is 2.63. The molecule has 0 amide bonds. The van der Waals surface area contributed by atoms with Crippen LogP contribution in [0.25, 0.3) is 10.2 Å². The van der Waals surface area contributed by atoms with Gasteiger partial charge >= 0.3 is 0 Å². The number of aromatic nitrogens is 2. The molecule has 0 spiro atoms. The zero-order valence-corrected chi connectivity index (χ0v) is 8.85. The first-order chi connectivity index (χ1) is 6.07. The van der Waals surface area contributed by atoms with E-state index in [0.717, 1.165) is 5.52 Å². The highest BCUT2D eigenvalue weighted by molar-refractivity contribution is 7.19. The Kier molecular flexibility index (Phi) is 1.84. The highest BCUT2D eigenvalue weighted by Crippen LogP contribution is 2.32. The van der Waals surface area contributed by atoms with Crippen molar-refractivity contribution >= 4 is 21.6 Å². The van der Waals surface area contributed by atoms with Crippen LogP contribution in [0.2, 0.25) is 0 Å². The molecular weight excluding hydrogens is 180 g/mol. The standard InChI is InChI=1S/C10H12N2S/c1-10(2,3)9-6-7-8(13-9)4-5-11-12-7/h4-6H,1-3H3. The van der Waals surface area contributed by atoms with Crippen LogP contribution in [-0.4, -0.2) is 10.2 Å². The van der Waals surface area contributed by atoms with Gasteiger partial charge in [-0.2, -0.15) is 5.10 Å². The lowest BCUT2D eigenvalue weighted by atomic mass is 9.95. The summed E-state index contributed by atoms with van der Waals surface area (Å²) in [5, 5.41) is 7.94. The summed E-state index contributed by atoms with van der Waals surface area (Å²) in [6.45, 7) is 6.64. The van der Waals surface area contributed by atoms with E-state index in [1.807, 2.05) is 6.07 Å². The van der Waals surface area contributed by atoms with E-state index < -0.39 is 0 Å². The van der Waals surface area contributed by atoms with Crippen LogP contribution in [0.4, 0.5) is 0 Å². The summed E-state index contributed by atoms with van der Waals surface area (Å²) in [6.07, 6.45) is 1.74. The van der Waals surface area contributed by atoms with Crippen molar-refractivity contribution in [3.8, 4) is 0 Å². The third kappa shape index (κ3) is 1.56. The number of hydrogen-bond donors (Lipinski definition) is 0. The molecule has 0 fully saturated rings. The molecule has 2 heterocycles. The lowest BCUT2D eigenvalue weighted by molar-refractivity contribution is 0.604. The Morgan fingerprint density at radius 2 is 2.08 bits per heavy atom. The number of fused-ring (bicyclic) bond motifs is 1. The van der Waals surface area contributed by atoms with E-state index >= 15 is 0 Å². The van der Waals surface area contributed by atoms with E-state index in [1.54, 1.807) is 17.5 Å². The van der Waals surface area contributed by atoms with E-state index in [9.17, 15) is 0 Å². The van der Waals surface area contributed by atoms with Crippen molar-refractivity contribution in [2.45, 2.75) is 26.2 Å². The molecule has 0 unspecified atom stereocenters. The maximum atomic E-state index is 4.08. The number of rotatable bonds is 0. The van der Waals surface area contributed by atoms with Crippen LogP contribution in [0.5, 0.6) is 0 Å². The summed E-state index contributed by atoms with van der Waals surface area (Å²) in [6, 6.07) is 4.15. The third-order valence-electron chi connectivity index (χ3n) is 1.94. The van der Waals surface area contributed by atoms with Gasteiger partial charge in [0.25, 0.3) is 0 Å². The van der Waals surface area contributed by atoms with Gasteiger partial charge in [-0.15, -0.1) is 16.4 Å². The second-order valence-electron chi connectivity index (χ2n) is 4.14. The van der Waals surface area contributed by atoms with Crippen LogP contribution in [0.1, 0.15) is 25.6 Å². The largest absolute Gasteiger partial charge is 0.158 e. The van der Waals surface area contributed by atoms with Crippen molar-refractivity contribution in [3.05, 3.63) is 23.2 Å². The van der Waals surface area contributed by atoms with Crippen LogP contribution < -0.4 is 0 Å². The van der Waals surface area contributed by atoms with Gasteiger partial charge in [-0.1, -0.05) is 20.8 Å². The third-order valence-corrected chi connectivity index (χ3v) is 3.45. The summed E-state index contributed by atoms with van der Waals surface area (Å²) in [5.41, 5.74) is 1.23. The van der Waals surface area contributed by atoms with Gasteiger partial charge in [0.2, 0.25) is 0 Å². The van der Waals surface area contributed by atoms with Crippen molar-refractivity contribution in [3.63, 3.8) is 0 Å². The molecular formula is C10H12N2S. The van der Waals surface area contributed by atoms with E-state index in [4.69, 9.17) is 0 Å². The number of thiophene rings is 1.